The summed E-state index contributed by atoms with van der Waals surface area (Å²) >= 11 is 4.47. The Morgan fingerprint density at radius 3 is 2.83 bits per heavy atom. The van der Waals surface area contributed by atoms with Gasteiger partial charge in [-0.05, 0) is 40.2 Å². The number of rotatable bonds is 3. The summed E-state index contributed by atoms with van der Waals surface area (Å²) in [4.78, 5) is 15.9. The molecule has 0 bridgehead atoms. The van der Waals surface area contributed by atoms with Gasteiger partial charge in [0, 0.05) is 26.7 Å². The molecule has 1 aromatic heterocycles. The molecule has 0 amide bonds. The molecule has 1 aromatic carbocycles. The van der Waals surface area contributed by atoms with E-state index >= 15 is 0 Å². The van der Waals surface area contributed by atoms with Crippen LogP contribution in [0.25, 0.3) is 0 Å². The van der Waals surface area contributed by atoms with Crippen LogP contribution in [0.3, 0.4) is 0 Å². The van der Waals surface area contributed by atoms with Crippen LogP contribution in [0.4, 0.5) is 4.39 Å². The van der Waals surface area contributed by atoms with Gasteiger partial charge in [0.2, 0.25) is 0 Å². The first kappa shape index (κ1) is 13.0. The van der Waals surface area contributed by atoms with Crippen LogP contribution in [0, 0.1) is 5.82 Å². The van der Waals surface area contributed by atoms with Crippen LogP contribution >= 0.6 is 27.7 Å². The van der Waals surface area contributed by atoms with Gasteiger partial charge in [-0.2, -0.15) is 0 Å². The molecule has 0 saturated heterocycles. The Hall–Kier alpha value is -1.40. The molecule has 0 radical (unpaired) electrons. The van der Waals surface area contributed by atoms with Gasteiger partial charge in [-0.15, -0.1) is 0 Å². The molecular formula is C12H7BrFNO2S. The van der Waals surface area contributed by atoms with Crippen molar-refractivity contribution in [1.29, 1.82) is 0 Å². The number of carboxylic acids is 1. The highest BCUT2D eigenvalue weighted by atomic mass is 79.9. The predicted molar refractivity (Wildman–Crippen MR) is 69.4 cm³/mol. The maximum absolute atomic E-state index is 13.1. The van der Waals surface area contributed by atoms with E-state index in [2.05, 4.69) is 20.9 Å². The van der Waals surface area contributed by atoms with E-state index in [0.29, 0.717) is 14.3 Å². The predicted octanol–water partition coefficient (Wildman–Crippen LogP) is 3.83. The highest BCUT2D eigenvalue weighted by Gasteiger charge is 2.12. The van der Waals surface area contributed by atoms with E-state index in [1.165, 1.54) is 36.3 Å². The number of pyridine rings is 1. The zero-order valence-corrected chi connectivity index (χ0v) is 11.3. The minimum absolute atomic E-state index is 0.0960. The molecule has 0 aliphatic rings. The van der Waals surface area contributed by atoms with E-state index in [-0.39, 0.29) is 11.4 Å². The smallest absolute Gasteiger partial charge is 0.338 e. The summed E-state index contributed by atoms with van der Waals surface area (Å²) in [5.74, 6) is -1.43. The number of halogens is 2. The number of nitrogens with zero attached hydrogens (tertiary/aromatic N) is 1. The van der Waals surface area contributed by atoms with Crippen LogP contribution in [-0.2, 0) is 0 Å². The standard InChI is InChI=1S/C12H7BrFNO2S/c13-9-2-1-7(14)5-11(9)18-10-3-4-15-6-8(10)12(16)17/h1-6H,(H,16,17). The molecule has 1 heterocycles. The van der Waals surface area contributed by atoms with Crippen LogP contribution < -0.4 is 0 Å². The minimum atomic E-state index is -1.06. The molecule has 2 aromatic rings. The molecule has 0 saturated carbocycles. The third-order valence-corrected chi connectivity index (χ3v) is 4.21. The Bertz CT molecular complexity index is 606. The van der Waals surface area contributed by atoms with Gasteiger partial charge < -0.3 is 5.11 Å². The summed E-state index contributed by atoms with van der Waals surface area (Å²) in [5.41, 5.74) is 0.0960. The first-order valence-corrected chi connectivity index (χ1v) is 6.49. The number of benzene rings is 1. The lowest BCUT2D eigenvalue weighted by Gasteiger charge is -2.06. The Balaban J connectivity index is 2.40. The van der Waals surface area contributed by atoms with Crippen molar-refractivity contribution in [2.75, 3.05) is 0 Å². The summed E-state index contributed by atoms with van der Waals surface area (Å²) < 4.78 is 13.9. The number of aromatic nitrogens is 1. The first-order valence-electron chi connectivity index (χ1n) is 4.88. The second-order valence-electron chi connectivity index (χ2n) is 3.35. The largest absolute Gasteiger partial charge is 0.478 e. The van der Waals surface area contributed by atoms with Crippen LogP contribution in [0.1, 0.15) is 10.4 Å². The maximum atomic E-state index is 13.1. The van der Waals surface area contributed by atoms with E-state index in [1.54, 1.807) is 12.1 Å². The van der Waals surface area contributed by atoms with E-state index in [9.17, 15) is 9.18 Å². The van der Waals surface area contributed by atoms with E-state index in [1.807, 2.05) is 0 Å². The fourth-order valence-corrected chi connectivity index (χ4v) is 2.75. The van der Waals surface area contributed by atoms with Crippen molar-refractivity contribution < 1.29 is 14.3 Å². The monoisotopic (exact) mass is 327 g/mol. The van der Waals surface area contributed by atoms with Crippen LogP contribution in [-0.4, -0.2) is 16.1 Å². The van der Waals surface area contributed by atoms with Gasteiger partial charge in [0.1, 0.15) is 5.82 Å². The zero-order valence-electron chi connectivity index (χ0n) is 8.93. The molecule has 2 rings (SSSR count). The summed E-state index contributed by atoms with van der Waals surface area (Å²) in [6.07, 6.45) is 2.78. The fourth-order valence-electron chi connectivity index (χ4n) is 1.31. The quantitative estimate of drug-likeness (QED) is 0.930. The van der Waals surface area contributed by atoms with Crippen LogP contribution in [0.15, 0.2) is 50.9 Å². The molecule has 0 spiro atoms. The molecule has 1 N–H and O–H groups in total. The van der Waals surface area contributed by atoms with Crippen molar-refractivity contribution in [3.63, 3.8) is 0 Å². The van der Waals surface area contributed by atoms with Crippen molar-refractivity contribution in [2.24, 2.45) is 0 Å². The number of carboxylic acid groups (broad SMARTS) is 1. The van der Waals surface area contributed by atoms with Gasteiger partial charge in [-0.3, -0.25) is 4.98 Å². The Morgan fingerprint density at radius 1 is 1.33 bits per heavy atom. The highest BCUT2D eigenvalue weighted by Crippen LogP contribution is 2.35. The molecule has 6 heteroatoms. The average molecular weight is 328 g/mol. The summed E-state index contributed by atoms with van der Waals surface area (Å²) in [5, 5.41) is 9.03. The zero-order chi connectivity index (χ0) is 13.1. The number of carbonyl (C=O) groups is 1. The topological polar surface area (TPSA) is 50.2 Å². The summed E-state index contributed by atoms with van der Waals surface area (Å²) in [7, 11) is 0. The third-order valence-electron chi connectivity index (χ3n) is 2.12. The van der Waals surface area contributed by atoms with Crippen molar-refractivity contribution in [3.05, 3.63) is 52.5 Å². The number of hydrogen-bond donors (Lipinski definition) is 1. The second kappa shape index (κ2) is 5.49. The van der Waals surface area contributed by atoms with Gasteiger partial charge >= 0.3 is 5.97 Å². The van der Waals surface area contributed by atoms with Gasteiger partial charge in [0.05, 0.1) is 5.56 Å². The molecule has 92 valence electrons. The Labute approximate surface area is 115 Å². The van der Waals surface area contributed by atoms with Crippen molar-refractivity contribution >= 4 is 33.7 Å². The minimum Gasteiger partial charge on any atom is -0.478 e. The lowest BCUT2D eigenvalue weighted by molar-refractivity contribution is 0.0692. The lowest BCUT2D eigenvalue weighted by Crippen LogP contribution is -1.99. The number of hydrogen-bond acceptors (Lipinski definition) is 3. The van der Waals surface area contributed by atoms with Gasteiger partial charge in [0.25, 0.3) is 0 Å². The van der Waals surface area contributed by atoms with E-state index in [0.717, 1.165) is 0 Å². The first-order chi connectivity index (χ1) is 8.58. The van der Waals surface area contributed by atoms with Gasteiger partial charge in [0.15, 0.2) is 0 Å². The Kier molecular flexibility index (Phi) is 3.98. The molecular weight excluding hydrogens is 321 g/mol. The molecule has 0 atom stereocenters. The summed E-state index contributed by atoms with van der Waals surface area (Å²) in [6, 6.07) is 5.85. The fraction of sp³-hybridized carbons (Fsp3) is 0. The molecule has 0 unspecified atom stereocenters. The van der Waals surface area contributed by atoms with Crippen molar-refractivity contribution in [1.82, 2.24) is 4.98 Å². The SMILES string of the molecule is O=C(O)c1cnccc1Sc1cc(F)ccc1Br. The van der Waals surface area contributed by atoms with Crippen LogP contribution in [0.2, 0.25) is 0 Å². The molecule has 0 aliphatic heterocycles. The van der Waals surface area contributed by atoms with E-state index < -0.39 is 5.97 Å². The van der Waals surface area contributed by atoms with Crippen LogP contribution in [0.5, 0.6) is 0 Å². The van der Waals surface area contributed by atoms with E-state index in [4.69, 9.17) is 5.11 Å². The maximum Gasteiger partial charge on any atom is 0.338 e. The molecule has 0 aliphatic carbocycles. The van der Waals surface area contributed by atoms with Crippen molar-refractivity contribution in [2.45, 2.75) is 9.79 Å². The highest BCUT2D eigenvalue weighted by molar-refractivity contribution is 9.10. The molecule has 18 heavy (non-hydrogen) atoms. The van der Waals surface area contributed by atoms with Gasteiger partial charge in [-0.1, -0.05) is 11.8 Å². The molecule has 3 nitrogen and oxygen atoms in total. The van der Waals surface area contributed by atoms with Crippen molar-refractivity contribution in [3.8, 4) is 0 Å². The normalized spacial score (nSPS) is 10.3. The molecule has 0 fully saturated rings. The lowest BCUT2D eigenvalue weighted by atomic mass is 10.3. The Morgan fingerprint density at radius 2 is 2.11 bits per heavy atom. The third kappa shape index (κ3) is 2.88. The van der Waals surface area contributed by atoms with Gasteiger partial charge in [-0.25, -0.2) is 9.18 Å². The second-order valence-corrected chi connectivity index (χ2v) is 5.29. The summed E-state index contributed by atoms with van der Waals surface area (Å²) in [6.45, 7) is 0. The average Bonchev–Trinajstić information content (AvgIpc) is 2.34. The number of aromatic carboxylic acids is 1.